The molecule has 0 atom stereocenters. The molecule has 0 aliphatic rings. The summed E-state index contributed by atoms with van der Waals surface area (Å²) in [6, 6.07) is 11.5. The molecule has 132 valence electrons. The molecule has 0 saturated carbocycles. The number of aryl methyl sites for hydroxylation is 1. The Hall–Kier alpha value is -3.74. The summed E-state index contributed by atoms with van der Waals surface area (Å²) in [4.78, 5) is 34.2. The van der Waals surface area contributed by atoms with Gasteiger partial charge in [-0.25, -0.2) is 9.78 Å². The van der Waals surface area contributed by atoms with Gasteiger partial charge >= 0.3 is 5.69 Å². The van der Waals surface area contributed by atoms with Crippen LogP contribution in [0.15, 0.2) is 64.6 Å². The number of aromatic nitrogens is 5. The van der Waals surface area contributed by atoms with E-state index in [2.05, 4.69) is 4.98 Å². The lowest BCUT2D eigenvalue weighted by Crippen LogP contribution is -2.36. The van der Waals surface area contributed by atoms with Gasteiger partial charge in [-0.3, -0.25) is 18.9 Å². The highest BCUT2D eigenvalue weighted by molar-refractivity contribution is 6.04. The zero-order chi connectivity index (χ0) is 18.7. The standard InChI is InChI=1S/C20H15N5O2/c1-23-17-13(19(26)24(2)20(23)27)11-25-15-6-4-3-5-14(15)22-16(18(17)25)12-7-9-21-10-8-12/h3-11H,1-2H3. The molecule has 0 aliphatic heterocycles. The first-order valence-corrected chi connectivity index (χ1v) is 8.48. The van der Waals surface area contributed by atoms with Crippen LogP contribution in [0.4, 0.5) is 0 Å². The van der Waals surface area contributed by atoms with Crippen LogP contribution >= 0.6 is 0 Å². The van der Waals surface area contributed by atoms with E-state index >= 15 is 0 Å². The second-order valence-electron chi connectivity index (χ2n) is 6.50. The first-order valence-electron chi connectivity index (χ1n) is 8.48. The number of rotatable bonds is 1. The summed E-state index contributed by atoms with van der Waals surface area (Å²) in [5.41, 5.74) is 3.87. The molecule has 7 nitrogen and oxygen atoms in total. The quantitative estimate of drug-likeness (QED) is 0.460. The molecule has 0 aliphatic carbocycles. The maximum Gasteiger partial charge on any atom is 0.331 e. The normalized spacial score (nSPS) is 11.6. The van der Waals surface area contributed by atoms with Crippen LogP contribution in [0, 0.1) is 0 Å². The van der Waals surface area contributed by atoms with Crippen LogP contribution in [0.2, 0.25) is 0 Å². The molecule has 0 amide bonds. The van der Waals surface area contributed by atoms with Crippen LogP contribution in [0.3, 0.4) is 0 Å². The van der Waals surface area contributed by atoms with Crippen LogP contribution in [0.5, 0.6) is 0 Å². The molecular formula is C20H15N5O2. The zero-order valence-electron chi connectivity index (χ0n) is 14.7. The van der Waals surface area contributed by atoms with Gasteiger partial charge in [0.15, 0.2) is 0 Å². The molecule has 27 heavy (non-hydrogen) atoms. The third-order valence-electron chi connectivity index (χ3n) is 4.97. The highest BCUT2D eigenvalue weighted by Gasteiger charge is 2.19. The van der Waals surface area contributed by atoms with E-state index in [9.17, 15) is 9.59 Å². The van der Waals surface area contributed by atoms with Gasteiger partial charge < -0.3 is 4.40 Å². The van der Waals surface area contributed by atoms with Crippen molar-refractivity contribution in [2.75, 3.05) is 0 Å². The molecule has 5 rings (SSSR count). The Labute approximate surface area is 152 Å². The van der Waals surface area contributed by atoms with Crippen LogP contribution in [-0.2, 0) is 14.1 Å². The summed E-state index contributed by atoms with van der Waals surface area (Å²) in [6.45, 7) is 0. The maximum absolute atomic E-state index is 12.8. The molecule has 4 aromatic heterocycles. The van der Waals surface area contributed by atoms with E-state index in [-0.39, 0.29) is 11.2 Å². The topological polar surface area (TPSA) is 74.2 Å². The lowest BCUT2D eigenvalue weighted by atomic mass is 10.1. The summed E-state index contributed by atoms with van der Waals surface area (Å²) in [6.07, 6.45) is 5.19. The Morgan fingerprint density at radius 2 is 1.63 bits per heavy atom. The summed E-state index contributed by atoms with van der Waals surface area (Å²) >= 11 is 0. The van der Waals surface area contributed by atoms with Crippen LogP contribution in [0.1, 0.15) is 0 Å². The first kappa shape index (κ1) is 15.5. The molecule has 0 fully saturated rings. The average molecular weight is 357 g/mol. The Morgan fingerprint density at radius 1 is 0.889 bits per heavy atom. The Bertz CT molecular complexity index is 1480. The Kier molecular flexibility index (Phi) is 3.09. The van der Waals surface area contributed by atoms with E-state index in [1.807, 2.05) is 40.8 Å². The molecule has 0 spiro atoms. The predicted molar refractivity (Wildman–Crippen MR) is 104 cm³/mol. The molecule has 7 heteroatoms. The third-order valence-corrected chi connectivity index (χ3v) is 4.97. The van der Waals surface area contributed by atoms with Crippen LogP contribution in [-0.4, -0.2) is 23.5 Å². The van der Waals surface area contributed by atoms with Gasteiger partial charge in [-0.2, -0.15) is 0 Å². The van der Waals surface area contributed by atoms with E-state index in [1.54, 1.807) is 25.6 Å². The van der Waals surface area contributed by atoms with Gasteiger partial charge in [0, 0.05) is 38.2 Å². The minimum absolute atomic E-state index is 0.318. The largest absolute Gasteiger partial charge is 0.331 e. The SMILES string of the molecule is Cn1c(=O)c2cn3c4ccccc4nc(-c4ccncc4)c3c2n(C)c1=O. The van der Waals surface area contributed by atoms with E-state index in [0.29, 0.717) is 16.6 Å². The minimum Gasteiger partial charge on any atom is -0.310 e. The van der Waals surface area contributed by atoms with Crippen molar-refractivity contribution < 1.29 is 0 Å². The zero-order valence-corrected chi connectivity index (χ0v) is 14.7. The number of para-hydroxylation sites is 2. The van der Waals surface area contributed by atoms with Crippen LogP contribution in [0.25, 0.3) is 38.7 Å². The number of hydrogen-bond donors (Lipinski definition) is 0. The van der Waals surface area contributed by atoms with Crippen molar-refractivity contribution in [2.24, 2.45) is 14.1 Å². The maximum atomic E-state index is 12.8. The van der Waals surface area contributed by atoms with Crippen molar-refractivity contribution in [2.45, 2.75) is 0 Å². The molecule has 0 saturated heterocycles. The lowest BCUT2D eigenvalue weighted by molar-refractivity contribution is 0.715. The third kappa shape index (κ3) is 2.02. The molecule has 0 unspecified atom stereocenters. The molecule has 0 bridgehead atoms. The van der Waals surface area contributed by atoms with Gasteiger partial charge in [-0.05, 0) is 24.3 Å². The highest BCUT2D eigenvalue weighted by atomic mass is 16.2. The minimum atomic E-state index is -0.366. The van der Waals surface area contributed by atoms with E-state index in [0.717, 1.165) is 26.7 Å². The fourth-order valence-corrected chi connectivity index (χ4v) is 3.64. The number of benzene rings is 1. The van der Waals surface area contributed by atoms with Gasteiger partial charge in [-0.15, -0.1) is 0 Å². The molecule has 5 aromatic rings. The van der Waals surface area contributed by atoms with Gasteiger partial charge in [0.2, 0.25) is 0 Å². The number of hydrogen-bond acceptors (Lipinski definition) is 4. The monoisotopic (exact) mass is 357 g/mol. The average Bonchev–Trinajstić information content (AvgIpc) is 3.12. The smallest absolute Gasteiger partial charge is 0.310 e. The van der Waals surface area contributed by atoms with E-state index in [1.165, 1.54) is 11.6 Å². The van der Waals surface area contributed by atoms with Crippen molar-refractivity contribution in [1.29, 1.82) is 0 Å². The molecule has 4 heterocycles. The first-order chi connectivity index (χ1) is 13.1. The molecule has 0 N–H and O–H groups in total. The molecule has 1 aromatic carbocycles. The van der Waals surface area contributed by atoms with E-state index in [4.69, 9.17) is 4.98 Å². The van der Waals surface area contributed by atoms with Crippen molar-refractivity contribution in [3.05, 3.63) is 75.8 Å². The lowest BCUT2D eigenvalue weighted by Gasteiger charge is -2.10. The summed E-state index contributed by atoms with van der Waals surface area (Å²) in [7, 11) is 3.17. The summed E-state index contributed by atoms with van der Waals surface area (Å²) in [5.74, 6) is 0. The van der Waals surface area contributed by atoms with Crippen molar-refractivity contribution >= 4 is 27.5 Å². The fraction of sp³-hybridized carbons (Fsp3) is 0.100. The van der Waals surface area contributed by atoms with Gasteiger partial charge in [0.05, 0.1) is 33.1 Å². The van der Waals surface area contributed by atoms with E-state index < -0.39 is 0 Å². The number of pyridine rings is 1. The Balaban J connectivity index is 2.15. The van der Waals surface area contributed by atoms with Crippen molar-refractivity contribution in [1.82, 2.24) is 23.5 Å². The summed E-state index contributed by atoms with van der Waals surface area (Å²) < 4.78 is 4.58. The number of nitrogens with zero attached hydrogens (tertiary/aromatic N) is 5. The fourth-order valence-electron chi connectivity index (χ4n) is 3.64. The van der Waals surface area contributed by atoms with Crippen molar-refractivity contribution in [3.8, 4) is 11.3 Å². The Morgan fingerprint density at radius 3 is 2.41 bits per heavy atom. The van der Waals surface area contributed by atoms with Crippen LogP contribution < -0.4 is 11.2 Å². The molecular weight excluding hydrogens is 342 g/mol. The second kappa shape index (κ2) is 5.38. The highest BCUT2D eigenvalue weighted by Crippen LogP contribution is 2.31. The van der Waals surface area contributed by atoms with Gasteiger partial charge in [-0.1, -0.05) is 12.1 Å². The van der Waals surface area contributed by atoms with Gasteiger partial charge in [0.25, 0.3) is 5.56 Å². The predicted octanol–water partition coefficient (Wildman–Crippen LogP) is 2.10. The summed E-state index contributed by atoms with van der Waals surface area (Å²) in [5, 5.41) is 0.480. The number of fused-ring (bicyclic) bond motifs is 5. The molecule has 0 radical (unpaired) electrons. The van der Waals surface area contributed by atoms with Gasteiger partial charge in [0.1, 0.15) is 0 Å². The second-order valence-corrected chi connectivity index (χ2v) is 6.50. The van der Waals surface area contributed by atoms with Crippen molar-refractivity contribution in [3.63, 3.8) is 0 Å².